The smallest absolute Gasteiger partial charge is 0.248 e. The lowest BCUT2D eigenvalue weighted by molar-refractivity contribution is 0.585. The van der Waals surface area contributed by atoms with Gasteiger partial charge in [-0.1, -0.05) is 66.2 Å². The Morgan fingerprint density at radius 2 is 1.21 bits per heavy atom. The molecule has 0 saturated heterocycles. The van der Waals surface area contributed by atoms with Gasteiger partial charge in [0.05, 0.1) is 0 Å². The molecule has 1 heterocycles. The van der Waals surface area contributed by atoms with E-state index in [1.165, 1.54) is 5.56 Å². The molecule has 3 nitrogen and oxygen atoms in total. The number of hydrogen-bond acceptors (Lipinski definition) is 3. The highest BCUT2D eigenvalue weighted by Gasteiger charge is 2.14. The van der Waals surface area contributed by atoms with Crippen molar-refractivity contribution >= 4 is 0 Å². The van der Waals surface area contributed by atoms with Crippen molar-refractivity contribution in [2.24, 2.45) is 0 Å². The summed E-state index contributed by atoms with van der Waals surface area (Å²) >= 11 is 0. The Hall–Kier alpha value is -3.20. The van der Waals surface area contributed by atoms with Gasteiger partial charge in [0, 0.05) is 11.1 Å². The lowest BCUT2D eigenvalue weighted by Crippen LogP contribution is -1.84. The molecule has 0 radical (unpaired) electrons. The van der Waals surface area contributed by atoms with E-state index in [1.807, 2.05) is 60.7 Å². The first-order valence-electron chi connectivity index (χ1n) is 7.86. The molecule has 0 aliphatic carbocycles. The quantitative estimate of drug-likeness (QED) is 0.510. The highest BCUT2D eigenvalue weighted by atomic mass is 16.4. The zero-order valence-corrected chi connectivity index (χ0v) is 13.3. The fourth-order valence-corrected chi connectivity index (χ4v) is 2.68. The molecule has 0 spiro atoms. The zero-order valence-electron chi connectivity index (χ0n) is 13.3. The molecular weight excluding hydrogens is 296 g/mol. The van der Waals surface area contributed by atoms with Gasteiger partial charge < -0.3 is 4.42 Å². The third-order valence-electron chi connectivity index (χ3n) is 3.97. The van der Waals surface area contributed by atoms with E-state index in [-0.39, 0.29) is 0 Å². The summed E-state index contributed by atoms with van der Waals surface area (Å²) in [6, 6.07) is 26.4. The van der Waals surface area contributed by atoms with Crippen LogP contribution in [0.2, 0.25) is 0 Å². The second kappa shape index (κ2) is 6.13. The van der Waals surface area contributed by atoms with Crippen molar-refractivity contribution < 1.29 is 4.42 Å². The summed E-state index contributed by atoms with van der Waals surface area (Å²) in [7, 11) is 0. The molecule has 3 aromatic carbocycles. The van der Waals surface area contributed by atoms with Crippen LogP contribution in [-0.2, 0) is 0 Å². The molecule has 0 amide bonds. The Bertz CT molecular complexity index is 957. The molecule has 0 bridgehead atoms. The molecule has 0 aliphatic rings. The molecular formula is C21H16N2O. The van der Waals surface area contributed by atoms with Crippen LogP contribution in [0.15, 0.2) is 83.3 Å². The second-order valence-corrected chi connectivity index (χ2v) is 5.69. The van der Waals surface area contributed by atoms with E-state index in [4.69, 9.17) is 4.42 Å². The van der Waals surface area contributed by atoms with E-state index < -0.39 is 0 Å². The van der Waals surface area contributed by atoms with Crippen LogP contribution in [0.1, 0.15) is 5.56 Å². The van der Waals surface area contributed by atoms with Gasteiger partial charge in [0.15, 0.2) is 0 Å². The van der Waals surface area contributed by atoms with Gasteiger partial charge in [-0.25, -0.2) is 0 Å². The standard InChI is InChI=1S/C21H16N2O/c1-15-11-13-17(14-12-15)20-22-23-21(24-20)19-10-6-5-9-18(19)16-7-3-2-4-8-16/h2-14H,1H3. The van der Waals surface area contributed by atoms with Crippen molar-refractivity contribution in [1.29, 1.82) is 0 Å². The first-order chi connectivity index (χ1) is 11.8. The highest BCUT2D eigenvalue weighted by molar-refractivity contribution is 5.80. The van der Waals surface area contributed by atoms with Gasteiger partial charge in [-0.3, -0.25) is 0 Å². The average molecular weight is 312 g/mol. The van der Waals surface area contributed by atoms with E-state index in [1.54, 1.807) is 0 Å². The summed E-state index contributed by atoms with van der Waals surface area (Å²) < 4.78 is 5.94. The van der Waals surface area contributed by atoms with Crippen molar-refractivity contribution in [3.63, 3.8) is 0 Å². The van der Waals surface area contributed by atoms with Crippen LogP contribution in [0, 0.1) is 6.92 Å². The third-order valence-corrected chi connectivity index (χ3v) is 3.97. The maximum Gasteiger partial charge on any atom is 0.248 e. The Morgan fingerprint density at radius 3 is 1.96 bits per heavy atom. The minimum absolute atomic E-state index is 0.532. The summed E-state index contributed by atoms with van der Waals surface area (Å²) in [4.78, 5) is 0. The van der Waals surface area contributed by atoms with Crippen molar-refractivity contribution in [2.45, 2.75) is 6.92 Å². The first kappa shape index (κ1) is 14.4. The van der Waals surface area contributed by atoms with E-state index in [2.05, 4.69) is 35.3 Å². The predicted molar refractivity (Wildman–Crippen MR) is 95.3 cm³/mol. The van der Waals surface area contributed by atoms with Crippen LogP contribution < -0.4 is 0 Å². The summed E-state index contributed by atoms with van der Waals surface area (Å²) in [6.07, 6.45) is 0. The average Bonchev–Trinajstić information content (AvgIpc) is 3.13. The summed E-state index contributed by atoms with van der Waals surface area (Å²) in [5.41, 5.74) is 5.28. The Labute approximate surface area is 140 Å². The third kappa shape index (κ3) is 2.72. The summed E-state index contributed by atoms with van der Waals surface area (Å²) in [5, 5.41) is 8.47. The fraction of sp³-hybridized carbons (Fsp3) is 0.0476. The molecule has 116 valence electrons. The van der Waals surface area contributed by atoms with Gasteiger partial charge >= 0.3 is 0 Å². The lowest BCUT2D eigenvalue weighted by atomic mass is 10.00. The maximum atomic E-state index is 5.94. The number of benzene rings is 3. The highest BCUT2D eigenvalue weighted by Crippen LogP contribution is 2.32. The van der Waals surface area contributed by atoms with Gasteiger partial charge in [-0.2, -0.15) is 0 Å². The van der Waals surface area contributed by atoms with Crippen LogP contribution in [0.4, 0.5) is 0 Å². The van der Waals surface area contributed by atoms with Gasteiger partial charge in [0.1, 0.15) is 0 Å². The van der Waals surface area contributed by atoms with Crippen LogP contribution in [-0.4, -0.2) is 10.2 Å². The Morgan fingerprint density at radius 1 is 0.583 bits per heavy atom. The van der Waals surface area contributed by atoms with E-state index >= 15 is 0 Å². The topological polar surface area (TPSA) is 38.9 Å². The van der Waals surface area contributed by atoms with Crippen molar-refractivity contribution in [1.82, 2.24) is 10.2 Å². The van der Waals surface area contributed by atoms with Gasteiger partial charge in [-0.05, 0) is 36.2 Å². The lowest BCUT2D eigenvalue weighted by Gasteiger charge is -2.06. The normalized spacial score (nSPS) is 10.7. The molecule has 0 N–H and O–H groups in total. The van der Waals surface area contributed by atoms with Crippen molar-refractivity contribution in [3.8, 4) is 34.0 Å². The van der Waals surface area contributed by atoms with Gasteiger partial charge in [0.2, 0.25) is 11.8 Å². The molecule has 1 aromatic heterocycles. The number of aromatic nitrogens is 2. The van der Waals surface area contributed by atoms with E-state index in [9.17, 15) is 0 Å². The number of rotatable bonds is 3. The molecule has 4 aromatic rings. The second-order valence-electron chi connectivity index (χ2n) is 5.69. The summed E-state index contributed by atoms with van der Waals surface area (Å²) in [6.45, 7) is 2.05. The Kier molecular flexibility index (Phi) is 3.67. The minimum Gasteiger partial charge on any atom is -0.416 e. The van der Waals surface area contributed by atoms with Gasteiger partial charge in [0.25, 0.3) is 0 Å². The summed E-state index contributed by atoms with van der Waals surface area (Å²) in [5.74, 6) is 1.07. The molecule has 0 aliphatic heterocycles. The predicted octanol–water partition coefficient (Wildman–Crippen LogP) is 5.38. The number of hydrogen-bond donors (Lipinski definition) is 0. The molecule has 0 unspecified atom stereocenters. The monoisotopic (exact) mass is 312 g/mol. The van der Waals surface area contributed by atoms with Crippen LogP contribution >= 0.6 is 0 Å². The largest absolute Gasteiger partial charge is 0.416 e. The number of aryl methyl sites for hydroxylation is 1. The first-order valence-corrected chi connectivity index (χ1v) is 7.86. The zero-order chi connectivity index (χ0) is 16.4. The fourth-order valence-electron chi connectivity index (χ4n) is 2.68. The van der Waals surface area contributed by atoms with Crippen LogP contribution in [0.5, 0.6) is 0 Å². The molecule has 0 atom stereocenters. The minimum atomic E-state index is 0.532. The molecule has 0 fully saturated rings. The molecule has 3 heteroatoms. The Balaban J connectivity index is 1.77. The van der Waals surface area contributed by atoms with Crippen molar-refractivity contribution in [2.75, 3.05) is 0 Å². The molecule has 24 heavy (non-hydrogen) atoms. The van der Waals surface area contributed by atoms with E-state index in [0.29, 0.717) is 11.8 Å². The van der Waals surface area contributed by atoms with Crippen LogP contribution in [0.25, 0.3) is 34.0 Å². The maximum absolute atomic E-state index is 5.94. The van der Waals surface area contributed by atoms with Crippen molar-refractivity contribution in [3.05, 3.63) is 84.4 Å². The molecule has 4 rings (SSSR count). The SMILES string of the molecule is Cc1ccc(-c2nnc(-c3ccccc3-c3ccccc3)o2)cc1. The molecule has 0 saturated carbocycles. The van der Waals surface area contributed by atoms with Gasteiger partial charge in [-0.15, -0.1) is 10.2 Å². The number of nitrogens with zero attached hydrogens (tertiary/aromatic N) is 2. The van der Waals surface area contributed by atoms with Crippen LogP contribution in [0.3, 0.4) is 0 Å². The van der Waals surface area contributed by atoms with E-state index in [0.717, 1.165) is 22.3 Å².